The predicted octanol–water partition coefficient (Wildman–Crippen LogP) is 3.69. The highest BCUT2D eigenvalue weighted by Crippen LogP contribution is 2.50. The van der Waals surface area contributed by atoms with E-state index in [0.29, 0.717) is 19.6 Å². The van der Waals surface area contributed by atoms with Crippen molar-refractivity contribution in [2.24, 2.45) is 5.41 Å². The number of Topliss-reactive ketones (excluding diaryl/α,β-unsaturated/α-hetero) is 1. The predicted molar refractivity (Wildman–Crippen MR) is 101 cm³/mol. The van der Waals surface area contributed by atoms with Gasteiger partial charge in [-0.05, 0) is 36.5 Å². The quantitative estimate of drug-likeness (QED) is 0.806. The number of aromatic nitrogens is 2. The SMILES string of the molecule is Cc1[nH]nc2c1C(c1ccc3c(c1)OCCO3)C1=C(CC(C)(C)CC1=O)N2. The van der Waals surface area contributed by atoms with Crippen molar-refractivity contribution in [2.75, 3.05) is 18.5 Å². The van der Waals surface area contributed by atoms with Crippen molar-refractivity contribution in [1.29, 1.82) is 0 Å². The summed E-state index contributed by atoms with van der Waals surface area (Å²) >= 11 is 0. The number of anilines is 1. The van der Waals surface area contributed by atoms with Gasteiger partial charge in [-0.15, -0.1) is 0 Å². The number of aromatic amines is 1. The summed E-state index contributed by atoms with van der Waals surface area (Å²) in [5, 5.41) is 11.0. The number of allylic oxidation sites excluding steroid dienone is 2. The van der Waals surface area contributed by atoms with Gasteiger partial charge in [-0.1, -0.05) is 19.9 Å². The number of nitrogens with one attached hydrogen (secondary N) is 2. The molecule has 6 nitrogen and oxygen atoms in total. The lowest BCUT2D eigenvalue weighted by molar-refractivity contribution is -0.118. The third-order valence-electron chi connectivity index (χ3n) is 5.66. The van der Waals surface area contributed by atoms with E-state index in [2.05, 4.69) is 29.4 Å². The van der Waals surface area contributed by atoms with Crippen molar-refractivity contribution < 1.29 is 14.3 Å². The highest BCUT2D eigenvalue weighted by Gasteiger charge is 2.42. The van der Waals surface area contributed by atoms with E-state index in [1.54, 1.807) is 0 Å². The number of ether oxygens (including phenoxy) is 2. The highest BCUT2D eigenvalue weighted by molar-refractivity contribution is 6.01. The van der Waals surface area contributed by atoms with Crippen LogP contribution in [0.1, 0.15) is 49.4 Å². The van der Waals surface area contributed by atoms with Gasteiger partial charge in [-0.25, -0.2) is 0 Å². The van der Waals surface area contributed by atoms with E-state index in [4.69, 9.17) is 9.47 Å². The van der Waals surface area contributed by atoms with Gasteiger partial charge in [0.25, 0.3) is 0 Å². The lowest BCUT2D eigenvalue weighted by Gasteiger charge is -2.38. The molecule has 1 aliphatic carbocycles. The molecule has 0 saturated carbocycles. The lowest BCUT2D eigenvalue weighted by atomic mass is 9.69. The van der Waals surface area contributed by atoms with Crippen LogP contribution in [-0.4, -0.2) is 29.2 Å². The Morgan fingerprint density at radius 2 is 1.93 bits per heavy atom. The number of fused-ring (bicyclic) bond motifs is 2. The average molecular weight is 365 g/mol. The summed E-state index contributed by atoms with van der Waals surface area (Å²) in [5.41, 5.74) is 4.86. The minimum absolute atomic E-state index is 0.0525. The van der Waals surface area contributed by atoms with Gasteiger partial charge >= 0.3 is 0 Å². The molecule has 2 aromatic rings. The van der Waals surface area contributed by atoms with Crippen LogP contribution in [0.3, 0.4) is 0 Å². The van der Waals surface area contributed by atoms with Crippen molar-refractivity contribution >= 4 is 11.6 Å². The first-order valence-corrected chi connectivity index (χ1v) is 9.41. The maximum absolute atomic E-state index is 13.2. The highest BCUT2D eigenvalue weighted by atomic mass is 16.6. The fourth-order valence-electron chi connectivity index (χ4n) is 4.53. The molecule has 5 rings (SSSR count). The third kappa shape index (κ3) is 2.54. The first kappa shape index (κ1) is 16.4. The van der Waals surface area contributed by atoms with Crippen LogP contribution < -0.4 is 14.8 Å². The van der Waals surface area contributed by atoms with E-state index in [9.17, 15) is 4.79 Å². The largest absolute Gasteiger partial charge is 0.486 e. The molecule has 0 bridgehead atoms. The van der Waals surface area contributed by atoms with Crippen LogP contribution in [0.5, 0.6) is 11.5 Å². The Kier molecular flexibility index (Phi) is 3.41. The number of carbonyl (C=O) groups is 1. The molecule has 0 amide bonds. The van der Waals surface area contributed by atoms with Crippen LogP contribution in [0.2, 0.25) is 0 Å². The van der Waals surface area contributed by atoms with Crippen molar-refractivity contribution in [3.05, 3.63) is 46.3 Å². The molecular weight excluding hydrogens is 342 g/mol. The number of aryl methyl sites for hydroxylation is 1. The Morgan fingerprint density at radius 1 is 1.15 bits per heavy atom. The van der Waals surface area contributed by atoms with Crippen LogP contribution in [0.15, 0.2) is 29.5 Å². The summed E-state index contributed by atoms with van der Waals surface area (Å²) in [5.74, 6) is 2.38. The first-order chi connectivity index (χ1) is 12.9. The van der Waals surface area contributed by atoms with Gasteiger partial charge < -0.3 is 14.8 Å². The molecule has 3 heterocycles. The smallest absolute Gasteiger partial charge is 0.162 e. The molecule has 2 N–H and O–H groups in total. The second-order valence-electron chi connectivity index (χ2n) is 8.41. The molecule has 3 aliphatic rings. The molecule has 140 valence electrons. The number of carbonyl (C=O) groups excluding carboxylic acids is 1. The molecule has 1 unspecified atom stereocenters. The van der Waals surface area contributed by atoms with Gasteiger partial charge in [0.15, 0.2) is 23.1 Å². The Hall–Kier alpha value is -2.76. The zero-order valence-electron chi connectivity index (χ0n) is 15.8. The van der Waals surface area contributed by atoms with Crippen LogP contribution in [-0.2, 0) is 4.79 Å². The molecule has 2 aliphatic heterocycles. The van der Waals surface area contributed by atoms with E-state index in [0.717, 1.165) is 51.8 Å². The molecule has 0 radical (unpaired) electrons. The van der Waals surface area contributed by atoms with Crippen molar-refractivity contribution in [2.45, 2.75) is 39.5 Å². The summed E-state index contributed by atoms with van der Waals surface area (Å²) < 4.78 is 11.4. The van der Waals surface area contributed by atoms with E-state index < -0.39 is 0 Å². The van der Waals surface area contributed by atoms with Crippen LogP contribution in [0, 0.1) is 12.3 Å². The Morgan fingerprint density at radius 3 is 2.74 bits per heavy atom. The summed E-state index contributed by atoms with van der Waals surface area (Å²) in [6.07, 6.45) is 1.39. The standard InChI is InChI=1S/C21H23N3O3/c1-11-17-18(12-4-5-15-16(8-12)27-7-6-26-15)19-13(22-20(17)24-23-11)9-21(2,3)10-14(19)25/h4-5,8,18H,6-7,9-10H2,1-3H3,(H2,22,23,24). The fourth-order valence-corrected chi connectivity index (χ4v) is 4.53. The first-order valence-electron chi connectivity index (χ1n) is 9.41. The van der Waals surface area contributed by atoms with E-state index in [1.807, 2.05) is 25.1 Å². The van der Waals surface area contributed by atoms with Gasteiger partial charge in [-0.2, -0.15) is 5.10 Å². The van der Waals surface area contributed by atoms with E-state index in [-0.39, 0.29) is 17.1 Å². The Balaban J connectivity index is 1.69. The normalized spacial score (nSPS) is 22.8. The number of hydrogen-bond acceptors (Lipinski definition) is 5. The number of nitrogens with zero attached hydrogens (tertiary/aromatic N) is 1. The summed E-state index contributed by atoms with van der Waals surface area (Å²) in [4.78, 5) is 13.2. The average Bonchev–Trinajstić information content (AvgIpc) is 2.99. The third-order valence-corrected chi connectivity index (χ3v) is 5.66. The van der Waals surface area contributed by atoms with Crippen LogP contribution in [0.4, 0.5) is 5.82 Å². The van der Waals surface area contributed by atoms with Gasteiger partial charge in [-0.3, -0.25) is 9.89 Å². The topological polar surface area (TPSA) is 76.2 Å². The Bertz CT molecular complexity index is 987. The number of ketones is 1. The monoisotopic (exact) mass is 365 g/mol. The number of benzene rings is 1. The maximum Gasteiger partial charge on any atom is 0.162 e. The van der Waals surface area contributed by atoms with Crippen molar-refractivity contribution in [3.8, 4) is 11.5 Å². The molecule has 6 heteroatoms. The zero-order valence-corrected chi connectivity index (χ0v) is 15.8. The van der Waals surface area contributed by atoms with Crippen LogP contribution in [0.25, 0.3) is 0 Å². The molecule has 1 atom stereocenters. The fraction of sp³-hybridized carbons (Fsp3) is 0.429. The molecule has 1 aromatic heterocycles. The molecule has 0 fully saturated rings. The second kappa shape index (κ2) is 5.62. The van der Waals surface area contributed by atoms with Gasteiger partial charge in [0.05, 0.1) is 0 Å². The minimum atomic E-state index is -0.144. The maximum atomic E-state index is 13.2. The van der Waals surface area contributed by atoms with Crippen molar-refractivity contribution in [3.63, 3.8) is 0 Å². The van der Waals surface area contributed by atoms with Crippen molar-refractivity contribution in [1.82, 2.24) is 10.2 Å². The summed E-state index contributed by atoms with van der Waals surface area (Å²) in [7, 11) is 0. The summed E-state index contributed by atoms with van der Waals surface area (Å²) in [6.45, 7) is 7.39. The van der Waals surface area contributed by atoms with Gasteiger partial charge in [0.2, 0.25) is 0 Å². The molecule has 1 aromatic carbocycles. The number of H-pyrrole nitrogens is 1. The number of hydrogen-bond donors (Lipinski definition) is 2. The molecule has 0 saturated heterocycles. The minimum Gasteiger partial charge on any atom is -0.486 e. The van der Waals surface area contributed by atoms with E-state index in [1.165, 1.54) is 0 Å². The van der Waals surface area contributed by atoms with Gasteiger partial charge in [0, 0.05) is 34.9 Å². The molecule has 27 heavy (non-hydrogen) atoms. The zero-order chi connectivity index (χ0) is 18.8. The number of rotatable bonds is 1. The summed E-state index contributed by atoms with van der Waals surface area (Å²) in [6, 6.07) is 5.99. The second-order valence-corrected chi connectivity index (χ2v) is 8.41. The Labute approximate surface area is 157 Å². The van der Waals surface area contributed by atoms with Gasteiger partial charge in [0.1, 0.15) is 13.2 Å². The molecule has 0 spiro atoms. The lowest BCUT2D eigenvalue weighted by Crippen LogP contribution is -2.33. The molecular formula is C21H23N3O3. The van der Waals surface area contributed by atoms with Crippen LogP contribution >= 0.6 is 0 Å². The van der Waals surface area contributed by atoms with E-state index >= 15 is 0 Å².